The van der Waals surface area contributed by atoms with Gasteiger partial charge in [0.1, 0.15) is 5.75 Å². The molecule has 0 fully saturated rings. The lowest BCUT2D eigenvalue weighted by atomic mass is 10.2. The summed E-state index contributed by atoms with van der Waals surface area (Å²) in [5.41, 5.74) is 0.807. The monoisotopic (exact) mass is 426 g/mol. The number of amides is 1. The normalized spacial score (nSPS) is 12.4. The first-order chi connectivity index (χ1) is 11.8. The molecule has 0 unspecified atom stereocenters. The molecular formula is C17H19BrN2O4S. The highest BCUT2D eigenvalue weighted by Gasteiger charge is 2.22. The van der Waals surface area contributed by atoms with Crippen LogP contribution in [0.1, 0.15) is 12.5 Å². The van der Waals surface area contributed by atoms with Crippen LogP contribution in [0.3, 0.4) is 0 Å². The Balaban J connectivity index is 1.99. The third-order valence-corrected chi connectivity index (χ3v) is 5.58. The molecule has 0 saturated heterocycles. The van der Waals surface area contributed by atoms with Crippen LogP contribution < -0.4 is 14.8 Å². The second kappa shape index (κ2) is 8.46. The van der Waals surface area contributed by atoms with Gasteiger partial charge in [0.25, 0.3) is 0 Å². The fraction of sp³-hybridized carbons (Fsp3) is 0.235. The van der Waals surface area contributed by atoms with Gasteiger partial charge < -0.3 is 10.1 Å². The second-order valence-electron chi connectivity index (χ2n) is 5.33. The van der Waals surface area contributed by atoms with Crippen molar-refractivity contribution in [2.24, 2.45) is 0 Å². The lowest BCUT2D eigenvalue weighted by Gasteiger charge is -2.15. The van der Waals surface area contributed by atoms with Crippen LogP contribution in [0, 0.1) is 0 Å². The van der Waals surface area contributed by atoms with Crippen LogP contribution in [0.5, 0.6) is 5.75 Å². The molecule has 0 saturated carbocycles. The first-order valence-electron chi connectivity index (χ1n) is 7.51. The molecule has 134 valence electrons. The first-order valence-corrected chi connectivity index (χ1v) is 9.78. The quantitative estimate of drug-likeness (QED) is 0.711. The average Bonchev–Trinajstić information content (AvgIpc) is 2.59. The minimum atomic E-state index is -3.77. The van der Waals surface area contributed by atoms with Crippen LogP contribution in [0.2, 0.25) is 0 Å². The van der Waals surface area contributed by atoms with E-state index in [-0.39, 0.29) is 11.4 Å². The van der Waals surface area contributed by atoms with Crippen LogP contribution in [0.4, 0.5) is 0 Å². The average molecular weight is 427 g/mol. The number of benzene rings is 2. The van der Waals surface area contributed by atoms with Crippen molar-refractivity contribution in [3.63, 3.8) is 0 Å². The molecule has 0 spiro atoms. The maximum atomic E-state index is 12.3. The van der Waals surface area contributed by atoms with Crippen molar-refractivity contribution in [3.05, 3.63) is 58.6 Å². The summed E-state index contributed by atoms with van der Waals surface area (Å²) in [5.74, 6) is 0.234. The third-order valence-electron chi connectivity index (χ3n) is 3.49. The van der Waals surface area contributed by atoms with Gasteiger partial charge in [-0.3, -0.25) is 4.79 Å². The Hall–Kier alpha value is -1.90. The van der Waals surface area contributed by atoms with Gasteiger partial charge in [-0.05, 0) is 37.3 Å². The molecule has 0 aliphatic heterocycles. The van der Waals surface area contributed by atoms with Crippen LogP contribution in [-0.2, 0) is 21.4 Å². The van der Waals surface area contributed by atoms with Gasteiger partial charge in [-0.2, -0.15) is 4.72 Å². The molecule has 2 aromatic carbocycles. The molecule has 25 heavy (non-hydrogen) atoms. The van der Waals surface area contributed by atoms with E-state index in [9.17, 15) is 13.2 Å². The number of rotatable bonds is 7. The molecule has 2 aromatic rings. The van der Waals surface area contributed by atoms with Crippen molar-refractivity contribution in [2.75, 3.05) is 7.11 Å². The van der Waals surface area contributed by atoms with Crippen molar-refractivity contribution < 1.29 is 17.9 Å². The van der Waals surface area contributed by atoms with Crippen LogP contribution >= 0.6 is 15.9 Å². The van der Waals surface area contributed by atoms with Gasteiger partial charge in [0, 0.05) is 16.6 Å². The number of carbonyl (C=O) groups is 1. The Morgan fingerprint density at radius 3 is 2.44 bits per heavy atom. The number of methoxy groups -OCH3 is 1. The predicted molar refractivity (Wildman–Crippen MR) is 98.8 cm³/mol. The standard InChI is InChI=1S/C17H19BrN2O4S/c1-12(20-25(22,23)15-9-7-14(18)8-10-15)17(21)19-11-13-5-3-4-6-16(13)24-2/h3-10,12,20H,11H2,1-2H3,(H,19,21)/t12-/m1/s1. The van der Waals surface area contributed by atoms with Crippen molar-refractivity contribution in [1.82, 2.24) is 10.0 Å². The minimum Gasteiger partial charge on any atom is -0.496 e. The highest BCUT2D eigenvalue weighted by Crippen LogP contribution is 2.17. The summed E-state index contributed by atoms with van der Waals surface area (Å²) in [7, 11) is -2.22. The lowest BCUT2D eigenvalue weighted by Crippen LogP contribution is -2.44. The van der Waals surface area contributed by atoms with E-state index in [1.807, 2.05) is 18.2 Å². The van der Waals surface area contributed by atoms with Crippen molar-refractivity contribution >= 4 is 31.9 Å². The predicted octanol–water partition coefficient (Wildman–Crippen LogP) is 2.44. The van der Waals surface area contributed by atoms with Gasteiger partial charge in [0.2, 0.25) is 15.9 Å². The number of nitrogens with one attached hydrogen (secondary N) is 2. The summed E-state index contributed by atoms with van der Waals surface area (Å²) in [4.78, 5) is 12.3. The molecule has 0 bridgehead atoms. The Kier molecular flexibility index (Phi) is 6.57. The summed E-state index contributed by atoms with van der Waals surface area (Å²) in [6.07, 6.45) is 0. The van der Waals surface area contributed by atoms with E-state index < -0.39 is 22.0 Å². The topological polar surface area (TPSA) is 84.5 Å². The Morgan fingerprint density at radius 1 is 1.16 bits per heavy atom. The molecule has 0 aliphatic carbocycles. The van der Waals surface area contributed by atoms with Crippen LogP contribution in [0.15, 0.2) is 57.9 Å². The van der Waals surface area contributed by atoms with Gasteiger partial charge in [-0.15, -0.1) is 0 Å². The highest BCUT2D eigenvalue weighted by atomic mass is 79.9. The summed E-state index contributed by atoms with van der Waals surface area (Å²) in [5, 5.41) is 2.70. The van der Waals surface area contributed by atoms with E-state index in [1.54, 1.807) is 25.3 Å². The fourth-order valence-corrected chi connectivity index (χ4v) is 3.62. The Labute approximate surface area is 155 Å². The van der Waals surface area contributed by atoms with Crippen LogP contribution in [-0.4, -0.2) is 27.5 Å². The van der Waals surface area contributed by atoms with Gasteiger partial charge in [-0.1, -0.05) is 34.1 Å². The molecule has 8 heteroatoms. The summed E-state index contributed by atoms with van der Waals surface area (Å²) in [6, 6.07) is 12.6. The smallest absolute Gasteiger partial charge is 0.241 e. The minimum absolute atomic E-state index is 0.0973. The summed E-state index contributed by atoms with van der Waals surface area (Å²) in [6.45, 7) is 1.74. The van der Waals surface area contributed by atoms with Crippen molar-refractivity contribution in [2.45, 2.75) is 24.4 Å². The largest absolute Gasteiger partial charge is 0.496 e. The van der Waals surface area contributed by atoms with Gasteiger partial charge in [0.15, 0.2) is 0 Å². The summed E-state index contributed by atoms with van der Waals surface area (Å²) >= 11 is 3.25. The zero-order valence-corrected chi connectivity index (χ0v) is 16.2. The second-order valence-corrected chi connectivity index (χ2v) is 7.96. The molecule has 1 atom stereocenters. The lowest BCUT2D eigenvalue weighted by molar-refractivity contribution is -0.122. The molecule has 0 aliphatic rings. The molecule has 6 nitrogen and oxygen atoms in total. The van der Waals surface area contributed by atoms with Crippen molar-refractivity contribution in [1.29, 1.82) is 0 Å². The molecule has 1 amide bonds. The molecular weight excluding hydrogens is 408 g/mol. The van der Waals surface area contributed by atoms with E-state index in [0.717, 1.165) is 10.0 Å². The number of ether oxygens (including phenoxy) is 1. The maximum Gasteiger partial charge on any atom is 0.241 e. The number of para-hydroxylation sites is 1. The number of carbonyl (C=O) groups excluding carboxylic acids is 1. The molecule has 2 N–H and O–H groups in total. The number of halogens is 1. The third kappa shape index (κ3) is 5.29. The highest BCUT2D eigenvalue weighted by molar-refractivity contribution is 9.10. The van der Waals surface area contributed by atoms with Gasteiger partial charge >= 0.3 is 0 Å². The zero-order chi connectivity index (χ0) is 18.4. The fourth-order valence-electron chi connectivity index (χ4n) is 2.15. The molecule has 0 heterocycles. The SMILES string of the molecule is COc1ccccc1CNC(=O)[C@@H](C)NS(=O)(=O)c1ccc(Br)cc1. The molecule has 0 radical (unpaired) electrons. The number of hydrogen-bond donors (Lipinski definition) is 2. The first kappa shape index (κ1) is 19.4. The Morgan fingerprint density at radius 2 is 1.80 bits per heavy atom. The number of sulfonamides is 1. The van der Waals surface area contributed by atoms with E-state index in [4.69, 9.17) is 4.74 Å². The van der Waals surface area contributed by atoms with Gasteiger partial charge in [-0.25, -0.2) is 8.42 Å². The van der Waals surface area contributed by atoms with E-state index in [1.165, 1.54) is 19.1 Å². The molecule has 0 aromatic heterocycles. The van der Waals surface area contributed by atoms with Gasteiger partial charge in [0.05, 0.1) is 18.0 Å². The van der Waals surface area contributed by atoms with E-state index in [2.05, 4.69) is 26.0 Å². The number of hydrogen-bond acceptors (Lipinski definition) is 4. The van der Waals surface area contributed by atoms with Crippen LogP contribution in [0.25, 0.3) is 0 Å². The Bertz CT molecular complexity index is 838. The van der Waals surface area contributed by atoms with E-state index >= 15 is 0 Å². The summed E-state index contributed by atoms with van der Waals surface area (Å²) < 4.78 is 33.0. The van der Waals surface area contributed by atoms with E-state index in [0.29, 0.717) is 5.75 Å². The zero-order valence-electron chi connectivity index (χ0n) is 13.8. The maximum absolute atomic E-state index is 12.3. The molecule has 2 rings (SSSR count). The van der Waals surface area contributed by atoms with Crippen molar-refractivity contribution in [3.8, 4) is 5.75 Å².